The largest absolute Gasteiger partial charge is 0.463 e. The third kappa shape index (κ3) is 8.68. The van der Waals surface area contributed by atoms with Gasteiger partial charge < -0.3 is 4.74 Å². The van der Waals surface area contributed by atoms with Crippen molar-refractivity contribution < 1.29 is 14.3 Å². The molecule has 0 fully saturated rings. The van der Waals surface area contributed by atoms with Crippen LogP contribution in [0.4, 0.5) is 0 Å². The molecule has 0 aromatic carbocycles. The summed E-state index contributed by atoms with van der Waals surface area (Å²) in [5.41, 5.74) is 0. The van der Waals surface area contributed by atoms with Crippen LogP contribution in [-0.4, -0.2) is 18.4 Å². The molecule has 15 heavy (non-hydrogen) atoms. The quantitative estimate of drug-likeness (QED) is 0.349. The second kappa shape index (κ2) is 8.94. The first-order valence-electron chi connectivity index (χ1n) is 4.83. The number of hydrogen-bond acceptors (Lipinski definition) is 3. The Bertz CT molecular complexity index is 264. The van der Waals surface area contributed by atoms with Crippen LogP contribution in [0.5, 0.6) is 0 Å². The lowest BCUT2D eigenvalue weighted by Gasteiger charge is -1.99. The van der Waals surface area contributed by atoms with Gasteiger partial charge in [0, 0.05) is 6.08 Å². The molecular formula is C12H16O3. The van der Waals surface area contributed by atoms with Crippen LogP contribution < -0.4 is 0 Å². The Balaban J connectivity index is 3.36. The van der Waals surface area contributed by atoms with Gasteiger partial charge in [-0.2, -0.15) is 0 Å². The van der Waals surface area contributed by atoms with E-state index in [2.05, 4.69) is 13.2 Å². The molecule has 0 aliphatic rings. The van der Waals surface area contributed by atoms with E-state index in [1.54, 1.807) is 6.08 Å². The van der Waals surface area contributed by atoms with Crippen molar-refractivity contribution in [1.82, 2.24) is 0 Å². The highest BCUT2D eigenvalue weighted by Gasteiger charge is 1.93. The minimum absolute atomic E-state index is 0.0897. The molecule has 0 aromatic rings. The first-order valence-corrected chi connectivity index (χ1v) is 4.83. The number of ether oxygens (including phenoxy) is 1. The van der Waals surface area contributed by atoms with Gasteiger partial charge in [0.2, 0.25) is 0 Å². The SMILES string of the molecule is C=CC(=O)/C=C\CCCCOC(=O)C=C. The van der Waals surface area contributed by atoms with Crippen LogP contribution in [0.2, 0.25) is 0 Å². The van der Waals surface area contributed by atoms with Crippen molar-refractivity contribution in [2.45, 2.75) is 19.3 Å². The molecule has 0 amide bonds. The maximum atomic E-state index is 10.7. The molecule has 0 unspecified atom stereocenters. The van der Waals surface area contributed by atoms with Crippen molar-refractivity contribution in [3.8, 4) is 0 Å². The van der Waals surface area contributed by atoms with Crippen molar-refractivity contribution in [2.75, 3.05) is 6.61 Å². The monoisotopic (exact) mass is 208 g/mol. The fraction of sp³-hybridized carbons (Fsp3) is 0.333. The average Bonchev–Trinajstić information content (AvgIpc) is 2.26. The molecule has 82 valence electrons. The summed E-state index contributed by atoms with van der Waals surface area (Å²) < 4.78 is 4.78. The van der Waals surface area contributed by atoms with Crippen LogP contribution >= 0.6 is 0 Å². The Hall–Kier alpha value is -1.64. The highest BCUT2D eigenvalue weighted by molar-refractivity contribution is 5.98. The topological polar surface area (TPSA) is 43.4 Å². The van der Waals surface area contributed by atoms with Gasteiger partial charge in [0.05, 0.1) is 6.61 Å². The highest BCUT2D eigenvalue weighted by atomic mass is 16.5. The first-order chi connectivity index (χ1) is 7.20. The Morgan fingerprint density at radius 3 is 2.47 bits per heavy atom. The molecule has 0 aliphatic heterocycles. The van der Waals surface area contributed by atoms with Gasteiger partial charge >= 0.3 is 5.97 Å². The molecule has 0 saturated heterocycles. The van der Waals surface area contributed by atoms with Gasteiger partial charge in [0.1, 0.15) is 0 Å². The molecule has 0 aliphatic carbocycles. The maximum absolute atomic E-state index is 10.7. The van der Waals surface area contributed by atoms with Crippen LogP contribution in [0.15, 0.2) is 37.5 Å². The Labute approximate surface area is 90.1 Å². The predicted octanol–water partition coefficient (Wildman–Crippen LogP) is 2.20. The number of carbonyl (C=O) groups excluding carboxylic acids is 2. The number of hydrogen-bond donors (Lipinski definition) is 0. The van der Waals surface area contributed by atoms with E-state index in [4.69, 9.17) is 4.74 Å². The highest BCUT2D eigenvalue weighted by Crippen LogP contribution is 1.98. The van der Waals surface area contributed by atoms with Gasteiger partial charge in [0.25, 0.3) is 0 Å². The molecule has 0 saturated carbocycles. The molecular weight excluding hydrogens is 192 g/mol. The molecule has 3 heteroatoms. The van der Waals surface area contributed by atoms with Crippen LogP contribution in [0, 0.1) is 0 Å². The normalized spacial score (nSPS) is 9.87. The predicted molar refractivity (Wildman–Crippen MR) is 59.4 cm³/mol. The van der Waals surface area contributed by atoms with E-state index >= 15 is 0 Å². The van der Waals surface area contributed by atoms with E-state index in [0.717, 1.165) is 25.3 Å². The summed E-state index contributed by atoms with van der Waals surface area (Å²) in [5, 5.41) is 0. The summed E-state index contributed by atoms with van der Waals surface area (Å²) in [6.07, 6.45) is 8.15. The summed E-state index contributed by atoms with van der Waals surface area (Å²) in [4.78, 5) is 21.4. The summed E-state index contributed by atoms with van der Waals surface area (Å²) in [7, 11) is 0. The fourth-order valence-electron chi connectivity index (χ4n) is 0.863. The van der Waals surface area contributed by atoms with Crippen LogP contribution in [0.25, 0.3) is 0 Å². The summed E-state index contributed by atoms with van der Waals surface area (Å²) >= 11 is 0. The smallest absolute Gasteiger partial charge is 0.330 e. The van der Waals surface area contributed by atoms with Crippen molar-refractivity contribution >= 4 is 11.8 Å². The van der Waals surface area contributed by atoms with Crippen LogP contribution in [0.3, 0.4) is 0 Å². The van der Waals surface area contributed by atoms with Crippen LogP contribution in [0.1, 0.15) is 19.3 Å². The second-order valence-electron chi connectivity index (χ2n) is 2.88. The Kier molecular flexibility index (Phi) is 7.96. The number of unbranched alkanes of at least 4 members (excludes halogenated alkanes) is 2. The number of rotatable bonds is 8. The summed E-state index contributed by atoms with van der Waals surface area (Å²) in [6.45, 7) is 7.03. The molecule has 0 aromatic heterocycles. The lowest BCUT2D eigenvalue weighted by molar-refractivity contribution is -0.137. The lowest BCUT2D eigenvalue weighted by atomic mass is 10.2. The summed E-state index contributed by atoms with van der Waals surface area (Å²) in [6, 6.07) is 0. The van der Waals surface area contributed by atoms with Gasteiger partial charge in [0.15, 0.2) is 5.78 Å². The minimum Gasteiger partial charge on any atom is -0.463 e. The van der Waals surface area contributed by atoms with Crippen molar-refractivity contribution in [3.63, 3.8) is 0 Å². The zero-order chi connectivity index (χ0) is 11.5. The lowest BCUT2D eigenvalue weighted by Crippen LogP contribution is -2.01. The van der Waals surface area contributed by atoms with E-state index in [0.29, 0.717) is 6.61 Å². The van der Waals surface area contributed by atoms with Gasteiger partial charge in [-0.1, -0.05) is 19.2 Å². The van der Waals surface area contributed by atoms with Crippen LogP contribution in [-0.2, 0) is 14.3 Å². The van der Waals surface area contributed by atoms with Gasteiger partial charge in [-0.15, -0.1) is 0 Å². The number of ketones is 1. The van der Waals surface area contributed by atoms with E-state index in [9.17, 15) is 9.59 Å². The fourth-order valence-corrected chi connectivity index (χ4v) is 0.863. The zero-order valence-corrected chi connectivity index (χ0v) is 8.78. The van der Waals surface area contributed by atoms with Gasteiger partial charge in [-0.05, 0) is 31.4 Å². The molecule has 0 bridgehead atoms. The van der Waals surface area contributed by atoms with E-state index in [1.165, 1.54) is 12.2 Å². The molecule has 0 N–H and O–H groups in total. The third-order valence-electron chi connectivity index (χ3n) is 1.66. The van der Waals surface area contributed by atoms with Crippen molar-refractivity contribution in [1.29, 1.82) is 0 Å². The molecule has 3 nitrogen and oxygen atoms in total. The standard InChI is InChI=1S/C12H16O3/c1-3-11(13)9-7-5-6-8-10-15-12(14)4-2/h3-4,7,9H,1-2,5-6,8,10H2/b9-7-. The molecule has 0 atom stereocenters. The average molecular weight is 208 g/mol. The summed E-state index contributed by atoms with van der Waals surface area (Å²) in [5.74, 6) is -0.486. The first kappa shape index (κ1) is 13.4. The number of allylic oxidation sites excluding steroid dienone is 3. The number of carbonyl (C=O) groups is 2. The zero-order valence-electron chi connectivity index (χ0n) is 8.78. The third-order valence-corrected chi connectivity index (χ3v) is 1.66. The minimum atomic E-state index is -0.396. The van der Waals surface area contributed by atoms with Gasteiger partial charge in [-0.3, -0.25) is 4.79 Å². The van der Waals surface area contributed by atoms with E-state index in [-0.39, 0.29) is 5.78 Å². The Morgan fingerprint density at radius 2 is 1.87 bits per heavy atom. The molecule has 0 spiro atoms. The maximum Gasteiger partial charge on any atom is 0.330 e. The van der Waals surface area contributed by atoms with Crippen molar-refractivity contribution in [2.24, 2.45) is 0 Å². The van der Waals surface area contributed by atoms with Crippen molar-refractivity contribution in [3.05, 3.63) is 37.5 Å². The Morgan fingerprint density at radius 1 is 1.13 bits per heavy atom. The second-order valence-corrected chi connectivity index (χ2v) is 2.88. The van der Waals surface area contributed by atoms with E-state index < -0.39 is 5.97 Å². The molecule has 0 rings (SSSR count). The molecule has 0 radical (unpaired) electrons. The van der Waals surface area contributed by atoms with Gasteiger partial charge in [-0.25, -0.2) is 4.79 Å². The number of esters is 1. The van der Waals surface area contributed by atoms with E-state index in [1.807, 2.05) is 0 Å². The molecule has 0 heterocycles.